The molecule has 0 aromatic heterocycles. The van der Waals surface area contributed by atoms with E-state index in [0.29, 0.717) is 12.8 Å². The lowest BCUT2D eigenvalue weighted by molar-refractivity contribution is -0.158. The SMILES string of the molecule is O=C(OCc1ccccc1)C1(CF)CCCC1. The van der Waals surface area contributed by atoms with E-state index in [1.54, 1.807) is 0 Å². The summed E-state index contributed by atoms with van der Waals surface area (Å²) in [5.41, 5.74) is 0.0854. The number of ether oxygens (including phenoxy) is 1. The predicted molar refractivity (Wildman–Crippen MR) is 63.1 cm³/mol. The normalized spacial score (nSPS) is 17.9. The number of hydrogen-bond acceptors (Lipinski definition) is 2. The van der Waals surface area contributed by atoms with Crippen LogP contribution in [0.15, 0.2) is 30.3 Å². The number of carbonyl (C=O) groups excluding carboxylic acids is 1. The Kier molecular flexibility index (Phi) is 3.77. The van der Waals surface area contributed by atoms with Crippen molar-refractivity contribution in [3.63, 3.8) is 0 Å². The van der Waals surface area contributed by atoms with Crippen molar-refractivity contribution in [1.82, 2.24) is 0 Å². The van der Waals surface area contributed by atoms with E-state index < -0.39 is 12.1 Å². The summed E-state index contributed by atoms with van der Waals surface area (Å²) in [6, 6.07) is 9.48. The molecule has 1 aromatic carbocycles. The number of hydrogen-bond donors (Lipinski definition) is 0. The van der Waals surface area contributed by atoms with Gasteiger partial charge in [-0.25, -0.2) is 4.39 Å². The molecule has 0 N–H and O–H groups in total. The molecule has 0 heterocycles. The maximum absolute atomic E-state index is 13.0. The van der Waals surface area contributed by atoms with E-state index in [1.165, 1.54) is 0 Å². The minimum atomic E-state index is -0.852. The first-order chi connectivity index (χ1) is 8.27. The standard InChI is InChI=1S/C14H17FO2/c15-11-14(8-4-5-9-14)13(16)17-10-12-6-2-1-3-7-12/h1-3,6-7H,4-5,8-11H2. The molecule has 0 aliphatic heterocycles. The highest BCUT2D eigenvalue weighted by molar-refractivity contribution is 5.77. The number of alkyl halides is 1. The number of carbonyl (C=O) groups is 1. The highest BCUT2D eigenvalue weighted by Crippen LogP contribution is 2.39. The van der Waals surface area contributed by atoms with E-state index in [-0.39, 0.29) is 12.6 Å². The molecule has 1 aliphatic rings. The van der Waals surface area contributed by atoms with Crippen molar-refractivity contribution in [2.75, 3.05) is 6.67 Å². The lowest BCUT2D eigenvalue weighted by atomic mass is 9.88. The van der Waals surface area contributed by atoms with Gasteiger partial charge in [0.25, 0.3) is 0 Å². The molecule has 0 radical (unpaired) electrons. The van der Waals surface area contributed by atoms with E-state index >= 15 is 0 Å². The van der Waals surface area contributed by atoms with Crippen molar-refractivity contribution < 1.29 is 13.9 Å². The average molecular weight is 236 g/mol. The molecule has 1 aliphatic carbocycles. The molecule has 0 saturated heterocycles. The molecule has 2 rings (SSSR count). The summed E-state index contributed by atoms with van der Waals surface area (Å²) in [5, 5.41) is 0. The van der Waals surface area contributed by atoms with Crippen molar-refractivity contribution in [3.05, 3.63) is 35.9 Å². The molecule has 0 atom stereocenters. The lowest BCUT2D eigenvalue weighted by Gasteiger charge is -2.22. The van der Waals surface area contributed by atoms with Gasteiger partial charge in [0.05, 0.1) is 5.41 Å². The first-order valence-corrected chi connectivity index (χ1v) is 6.04. The van der Waals surface area contributed by atoms with Crippen molar-refractivity contribution in [2.24, 2.45) is 5.41 Å². The fourth-order valence-corrected chi connectivity index (χ4v) is 2.32. The van der Waals surface area contributed by atoms with Crippen molar-refractivity contribution >= 4 is 5.97 Å². The van der Waals surface area contributed by atoms with Crippen LogP contribution in [-0.4, -0.2) is 12.6 Å². The van der Waals surface area contributed by atoms with Crippen LogP contribution in [0.2, 0.25) is 0 Å². The highest BCUT2D eigenvalue weighted by Gasteiger charge is 2.42. The molecule has 1 saturated carbocycles. The monoisotopic (exact) mass is 236 g/mol. The summed E-state index contributed by atoms with van der Waals surface area (Å²) in [6.45, 7) is -0.359. The van der Waals surface area contributed by atoms with Gasteiger partial charge >= 0.3 is 5.97 Å². The van der Waals surface area contributed by atoms with Gasteiger partial charge < -0.3 is 4.74 Å². The Balaban J connectivity index is 1.93. The maximum Gasteiger partial charge on any atom is 0.315 e. The number of esters is 1. The second-order valence-corrected chi connectivity index (χ2v) is 4.68. The van der Waals surface area contributed by atoms with Gasteiger partial charge in [0.1, 0.15) is 13.3 Å². The Labute approximate surface area is 101 Å². The molecule has 92 valence electrons. The van der Waals surface area contributed by atoms with Gasteiger partial charge in [0.2, 0.25) is 0 Å². The molecule has 0 spiro atoms. The van der Waals surface area contributed by atoms with E-state index in [2.05, 4.69) is 0 Å². The maximum atomic E-state index is 13.0. The summed E-state index contributed by atoms with van der Waals surface area (Å²) in [5.74, 6) is -0.374. The fraction of sp³-hybridized carbons (Fsp3) is 0.500. The molecule has 0 unspecified atom stereocenters. The molecule has 3 heteroatoms. The Morgan fingerprint density at radius 2 is 1.88 bits per heavy atom. The van der Waals surface area contributed by atoms with Gasteiger partial charge in [-0.1, -0.05) is 43.2 Å². The molecule has 1 fully saturated rings. The molecule has 17 heavy (non-hydrogen) atoms. The molecular formula is C14H17FO2. The zero-order valence-corrected chi connectivity index (χ0v) is 9.82. The average Bonchev–Trinajstić information content (AvgIpc) is 2.87. The van der Waals surface area contributed by atoms with E-state index in [1.807, 2.05) is 30.3 Å². The third-order valence-electron chi connectivity index (χ3n) is 3.46. The summed E-state index contributed by atoms with van der Waals surface area (Å²) < 4.78 is 18.3. The first kappa shape index (κ1) is 12.1. The highest BCUT2D eigenvalue weighted by atomic mass is 19.1. The summed E-state index contributed by atoms with van der Waals surface area (Å²) in [4.78, 5) is 11.9. The predicted octanol–water partition coefficient (Wildman–Crippen LogP) is 3.26. The third-order valence-corrected chi connectivity index (χ3v) is 3.46. The van der Waals surface area contributed by atoms with Crippen LogP contribution in [0.5, 0.6) is 0 Å². The van der Waals surface area contributed by atoms with Crippen LogP contribution < -0.4 is 0 Å². The molecule has 0 bridgehead atoms. The van der Waals surface area contributed by atoms with Gasteiger partial charge in [-0.2, -0.15) is 0 Å². The lowest BCUT2D eigenvalue weighted by Crippen LogP contribution is -2.32. The third kappa shape index (κ3) is 2.65. The molecule has 1 aromatic rings. The largest absolute Gasteiger partial charge is 0.460 e. The van der Waals surface area contributed by atoms with Crippen LogP contribution in [0.4, 0.5) is 4.39 Å². The van der Waals surface area contributed by atoms with Gasteiger partial charge in [0.15, 0.2) is 0 Å². The fourth-order valence-electron chi connectivity index (χ4n) is 2.32. The number of halogens is 1. The Bertz CT molecular complexity index is 369. The van der Waals surface area contributed by atoms with Crippen LogP contribution in [0.1, 0.15) is 31.2 Å². The van der Waals surface area contributed by atoms with Crippen molar-refractivity contribution in [1.29, 1.82) is 0 Å². The first-order valence-electron chi connectivity index (χ1n) is 6.04. The summed E-state index contributed by atoms with van der Waals surface area (Å²) >= 11 is 0. The molecular weight excluding hydrogens is 219 g/mol. The number of benzene rings is 1. The Morgan fingerprint density at radius 3 is 2.47 bits per heavy atom. The second-order valence-electron chi connectivity index (χ2n) is 4.68. The molecule has 0 amide bonds. The van der Waals surface area contributed by atoms with Crippen LogP contribution in [0.25, 0.3) is 0 Å². The zero-order valence-electron chi connectivity index (χ0n) is 9.82. The Morgan fingerprint density at radius 1 is 1.24 bits per heavy atom. The minimum absolute atomic E-state index is 0.238. The van der Waals surface area contributed by atoms with Gasteiger partial charge in [0, 0.05) is 0 Å². The molecule has 2 nitrogen and oxygen atoms in total. The quantitative estimate of drug-likeness (QED) is 0.750. The smallest absolute Gasteiger partial charge is 0.315 e. The van der Waals surface area contributed by atoms with Crippen LogP contribution in [0.3, 0.4) is 0 Å². The van der Waals surface area contributed by atoms with Crippen LogP contribution in [0, 0.1) is 5.41 Å². The van der Waals surface area contributed by atoms with Crippen molar-refractivity contribution in [3.8, 4) is 0 Å². The summed E-state index contributed by atoms with van der Waals surface area (Å²) in [7, 11) is 0. The Hall–Kier alpha value is -1.38. The zero-order chi connectivity index (χ0) is 12.1. The minimum Gasteiger partial charge on any atom is -0.460 e. The van der Waals surface area contributed by atoms with Crippen LogP contribution >= 0.6 is 0 Å². The van der Waals surface area contributed by atoms with Crippen LogP contribution in [-0.2, 0) is 16.1 Å². The topological polar surface area (TPSA) is 26.3 Å². The number of rotatable bonds is 4. The van der Waals surface area contributed by atoms with Gasteiger partial charge in [-0.05, 0) is 18.4 Å². The van der Waals surface area contributed by atoms with Crippen molar-refractivity contribution in [2.45, 2.75) is 32.3 Å². The van der Waals surface area contributed by atoms with E-state index in [9.17, 15) is 9.18 Å². The summed E-state index contributed by atoms with van der Waals surface area (Å²) in [6.07, 6.45) is 3.09. The second kappa shape index (κ2) is 5.30. The van der Waals surface area contributed by atoms with Gasteiger partial charge in [-0.15, -0.1) is 0 Å². The van der Waals surface area contributed by atoms with E-state index in [0.717, 1.165) is 18.4 Å². The van der Waals surface area contributed by atoms with E-state index in [4.69, 9.17) is 4.74 Å². The van der Waals surface area contributed by atoms with Gasteiger partial charge in [-0.3, -0.25) is 4.79 Å².